The molecule has 1 aliphatic carbocycles. The van der Waals surface area contributed by atoms with Gasteiger partial charge in [-0.15, -0.1) is 16.4 Å². The molecule has 2 aliphatic rings. The lowest BCUT2D eigenvalue weighted by atomic mass is 9.85. The van der Waals surface area contributed by atoms with Crippen molar-refractivity contribution in [1.82, 2.24) is 19.5 Å². The van der Waals surface area contributed by atoms with Gasteiger partial charge in [0, 0.05) is 53.2 Å². The van der Waals surface area contributed by atoms with Crippen LogP contribution in [0, 0.1) is 0 Å². The molecule has 1 aliphatic heterocycles. The molecule has 0 spiro atoms. The van der Waals surface area contributed by atoms with Gasteiger partial charge in [-0.3, -0.25) is 4.79 Å². The zero-order valence-electron chi connectivity index (χ0n) is 22.8. The smallest absolute Gasteiger partial charge is 0.241 e. The third-order valence-electron chi connectivity index (χ3n) is 7.77. The maximum absolute atomic E-state index is 13.4. The van der Waals surface area contributed by atoms with Crippen LogP contribution in [0.4, 0.5) is 5.95 Å². The normalized spacial score (nSPS) is 21.6. The second kappa shape index (κ2) is 11.3. The first-order valence-corrected chi connectivity index (χ1v) is 14.4. The van der Waals surface area contributed by atoms with Crippen molar-refractivity contribution in [1.29, 1.82) is 0 Å². The zero-order valence-corrected chi connectivity index (χ0v) is 23.6. The number of carbonyl (C=O) groups excluding carboxylic acids is 1. The number of aromatic nitrogens is 3. The summed E-state index contributed by atoms with van der Waals surface area (Å²) < 4.78 is 12.7. The van der Waals surface area contributed by atoms with Crippen molar-refractivity contribution in [3.05, 3.63) is 35.0 Å². The lowest BCUT2D eigenvalue weighted by molar-refractivity contribution is -0.140. The molecule has 206 valence electrons. The number of anilines is 1. The van der Waals surface area contributed by atoms with Gasteiger partial charge in [0.05, 0.1) is 43.1 Å². The second-order valence-corrected chi connectivity index (χ2v) is 12.1. The van der Waals surface area contributed by atoms with Gasteiger partial charge in [0.25, 0.3) is 0 Å². The van der Waals surface area contributed by atoms with Crippen molar-refractivity contribution in [2.24, 2.45) is 0 Å². The molecule has 0 bridgehead atoms. The van der Waals surface area contributed by atoms with Crippen molar-refractivity contribution in [3.63, 3.8) is 0 Å². The van der Waals surface area contributed by atoms with Crippen LogP contribution in [0.25, 0.3) is 16.0 Å². The minimum absolute atomic E-state index is 0.0758. The predicted octanol–water partition coefficient (Wildman–Crippen LogP) is 4.06. The Morgan fingerprint density at radius 2 is 2.00 bits per heavy atom. The summed E-state index contributed by atoms with van der Waals surface area (Å²) in [7, 11) is 1.68. The Bertz CT molecular complexity index is 1260. The largest absolute Gasteiger partial charge is 0.393 e. The van der Waals surface area contributed by atoms with Gasteiger partial charge < -0.3 is 24.8 Å². The van der Waals surface area contributed by atoms with E-state index in [-0.39, 0.29) is 18.1 Å². The fourth-order valence-electron chi connectivity index (χ4n) is 5.54. The van der Waals surface area contributed by atoms with Crippen LogP contribution < -0.4 is 5.32 Å². The zero-order chi connectivity index (χ0) is 26.9. The number of carbonyl (C=O) groups is 1. The Kier molecular flexibility index (Phi) is 8.04. The van der Waals surface area contributed by atoms with E-state index in [0.29, 0.717) is 44.8 Å². The molecule has 1 saturated carbocycles. The maximum atomic E-state index is 13.4. The van der Waals surface area contributed by atoms with Crippen LogP contribution in [-0.4, -0.2) is 82.7 Å². The summed E-state index contributed by atoms with van der Waals surface area (Å²) in [6, 6.07) is 6.51. The van der Waals surface area contributed by atoms with E-state index in [1.165, 1.54) is 0 Å². The maximum Gasteiger partial charge on any atom is 0.241 e. The highest BCUT2D eigenvalue weighted by atomic mass is 32.1. The quantitative estimate of drug-likeness (QED) is 0.444. The minimum atomic E-state index is -0.622. The highest BCUT2D eigenvalue weighted by Crippen LogP contribution is 2.42. The van der Waals surface area contributed by atoms with Crippen LogP contribution in [0.5, 0.6) is 0 Å². The van der Waals surface area contributed by atoms with E-state index in [0.717, 1.165) is 52.2 Å². The fourth-order valence-corrected chi connectivity index (χ4v) is 6.66. The molecular weight excluding hydrogens is 502 g/mol. The summed E-state index contributed by atoms with van der Waals surface area (Å²) in [6.45, 7) is 9.09. The van der Waals surface area contributed by atoms with Gasteiger partial charge in [-0.25, -0.2) is 9.50 Å². The molecule has 5 rings (SSSR count). The van der Waals surface area contributed by atoms with E-state index in [1.807, 2.05) is 36.4 Å². The topological polar surface area (TPSA) is 101 Å². The molecule has 4 heterocycles. The van der Waals surface area contributed by atoms with E-state index in [2.05, 4.69) is 28.5 Å². The minimum Gasteiger partial charge on any atom is -0.393 e. The summed E-state index contributed by atoms with van der Waals surface area (Å²) in [6.07, 6.45) is 5.12. The van der Waals surface area contributed by atoms with Crippen molar-refractivity contribution in [2.45, 2.75) is 69.9 Å². The number of hydrogen-bond donors (Lipinski definition) is 2. The van der Waals surface area contributed by atoms with Gasteiger partial charge in [-0.05, 0) is 64.7 Å². The molecule has 3 aromatic heterocycles. The lowest BCUT2D eigenvalue weighted by Crippen LogP contribution is -2.48. The van der Waals surface area contributed by atoms with Gasteiger partial charge in [0.1, 0.15) is 0 Å². The average Bonchev–Trinajstić information content (AvgIpc) is 3.55. The predicted molar refractivity (Wildman–Crippen MR) is 149 cm³/mol. The highest BCUT2D eigenvalue weighted by molar-refractivity contribution is 7.15. The first kappa shape index (κ1) is 27.1. The number of aliphatic hydroxyl groups is 1. The second-order valence-electron chi connectivity index (χ2n) is 11.1. The van der Waals surface area contributed by atoms with Crippen LogP contribution in [0.3, 0.4) is 0 Å². The van der Waals surface area contributed by atoms with Crippen LogP contribution in [0.1, 0.15) is 62.9 Å². The van der Waals surface area contributed by atoms with E-state index in [9.17, 15) is 9.90 Å². The van der Waals surface area contributed by atoms with Crippen molar-refractivity contribution in [2.75, 3.05) is 45.3 Å². The van der Waals surface area contributed by atoms with Gasteiger partial charge in [-0.1, -0.05) is 0 Å². The van der Waals surface area contributed by atoms with E-state index in [4.69, 9.17) is 14.6 Å². The summed E-state index contributed by atoms with van der Waals surface area (Å²) in [4.78, 5) is 22.1. The van der Waals surface area contributed by atoms with Crippen LogP contribution in [0.2, 0.25) is 0 Å². The molecule has 1 amide bonds. The van der Waals surface area contributed by atoms with Crippen molar-refractivity contribution < 1.29 is 19.4 Å². The Labute approximate surface area is 228 Å². The first-order valence-electron chi connectivity index (χ1n) is 13.6. The number of nitrogens with one attached hydrogen (secondary N) is 1. The fraction of sp³-hybridized carbons (Fsp3) is 0.607. The Balaban J connectivity index is 1.49. The third kappa shape index (κ3) is 5.45. The van der Waals surface area contributed by atoms with E-state index >= 15 is 0 Å². The number of amides is 1. The summed E-state index contributed by atoms with van der Waals surface area (Å²) in [5.74, 6) is 1.02. The number of aliphatic hydroxyl groups excluding tert-OH is 1. The molecule has 1 saturated heterocycles. The van der Waals surface area contributed by atoms with E-state index < -0.39 is 5.41 Å². The average molecular weight is 542 g/mol. The van der Waals surface area contributed by atoms with Crippen LogP contribution in [-0.2, 0) is 19.7 Å². The lowest BCUT2D eigenvalue weighted by Gasteiger charge is -2.33. The highest BCUT2D eigenvalue weighted by Gasteiger charge is 2.36. The first-order chi connectivity index (χ1) is 18.3. The van der Waals surface area contributed by atoms with Crippen LogP contribution >= 0.6 is 11.3 Å². The summed E-state index contributed by atoms with van der Waals surface area (Å²) in [5, 5.41) is 18.3. The number of hydrogen-bond acceptors (Lipinski definition) is 8. The number of fused-ring (bicyclic) bond motifs is 1. The summed E-state index contributed by atoms with van der Waals surface area (Å²) in [5.41, 5.74) is 2.55. The number of methoxy groups -OCH3 is 1. The van der Waals surface area contributed by atoms with Crippen molar-refractivity contribution in [3.8, 4) is 10.4 Å². The van der Waals surface area contributed by atoms with Crippen LogP contribution in [0.15, 0.2) is 24.4 Å². The molecular formula is C28H39N5O4S. The number of ether oxygens (including phenoxy) is 2. The molecule has 0 unspecified atom stereocenters. The Morgan fingerprint density at radius 3 is 2.71 bits per heavy atom. The molecule has 9 nitrogen and oxygen atoms in total. The molecule has 2 fully saturated rings. The monoisotopic (exact) mass is 541 g/mol. The standard InChI is InChI=1S/C28H39N5O4S/c1-18(17-36-4)30-27-29-16-23-21(15-22(33(23)31-27)19-5-7-20(34)8-6-19)24-9-10-25(38-24)28(2,3)26(35)32-11-13-37-14-12-32/h9-10,15-16,18-20,34H,5-8,11-14,17H2,1-4H3,(H,30,31)/t18-,19?,20?/m0/s1. The van der Waals surface area contributed by atoms with Gasteiger partial charge >= 0.3 is 0 Å². The van der Waals surface area contributed by atoms with Gasteiger partial charge in [0.15, 0.2) is 0 Å². The SMILES string of the molecule is COC[C@H](C)Nc1ncc2c(-c3ccc(C(C)(C)C(=O)N4CCOCC4)s3)cc(C3CCC(O)CC3)n2n1. The molecule has 2 N–H and O–H groups in total. The van der Waals surface area contributed by atoms with Gasteiger partial charge in [0.2, 0.25) is 11.9 Å². The Hall–Kier alpha value is -2.53. The molecule has 38 heavy (non-hydrogen) atoms. The molecule has 1 atom stereocenters. The molecule has 0 aromatic carbocycles. The molecule has 0 radical (unpaired) electrons. The van der Waals surface area contributed by atoms with E-state index in [1.54, 1.807) is 18.4 Å². The summed E-state index contributed by atoms with van der Waals surface area (Å²) >= 11 is 1.66. The van der Waals surface area contributed by atoms with Crippen molar-refractivity contribution >= 4 is 28.7 Å². The number of rotatable bonds is 8. The third-order valence-corrected chi connectivity index (χ3v) is 9.21. The number of thiophene rings is 1. The number of nitrogens with zero attached hydrogens (tertiary/aromatic N) is 4. The molecule has 10 heteroatoms. The molecule has 3 aromatic rings. The Morgan fingerprint density at radius 1 is 1.26 bits per heavy atom. The van der Waals surface area contributed by atoms with Gasteiger partial charge in [-0.2, -0.15) is 0 Å². The number of morpholine rings is 1.